The molecule has 1 fully saturated rings. The van der Waals surface area contributed by atoms with Gasteiger partial charge in [-0.05, 0) is 30.6 Å². The summed E-state index contributed by atoms with van der Waals surface area (Å²) >= 11 is 0. The lowest BCUT2D eigenvalue weighted by molar-refractivity contribution is 0.217. The van der Waals surface area contributed by atoms with E-state index in [-0.39, 0.29) is 0 Å². The Balaban J connectivity index is 2.65. The van der Waals surface area contributed by atoms with Crippen LogP contribution in [0.5, 0.6) is 0 Å². The molecule has 1 aliphatic heterocycles. The van der Waals surface area contributed by atoms with Gasteiger partial charge in [0.05, 0.1) is 6.26 Å². The van der Waals surface area contributed by atoms with Gasteiger partial charge < -0.3 is 0 Å². The lowest BCUT2D eigenvalue weighted by Crippen LogP contribution is -2.31. The Morgan fingerprint density at radius 2 is 1.73 bits per heavy atom. The molecule has 0 spiro atoms. The highest BCUT2D eigenvalue weighted by Crippen LogP contribution is 2.34. The molecule has 0 aromatic rings. The summed E-state index contributed by atoms with van der Waals surface area (Å²) in [7, 11) is -2.98. The Morgan fingerprint density at radius 1 is 1.13 bits per heavy atom. The molecule has 4 heteroatoms. The van der Waals surface area contributed by atoms with Crippen LogP contribution in [0.3, 0.4) is 0 Å². The number of rotatable bonds is 1. The summed E-state index contributed by atoms with van der Waals surface area (Å²) in [6, 6.07) is 0. The molecular weight excluding hydrogens is 210 g/mol. The summed E-state index contributed by atoms with van der Waals surface area (Å²) in [4.78, 5) is 0. The Bertz CT molecular complexity index is 303. The van der Waals surface area contributed by atoms with Crippen molar-refractivity contribution in [1.82, 2.24) is 4.31 Å². The quantitative estimate of drug-likeness (QED) is 0.695. The smallest absolute Gasteiger partial charge is 0.211 e. The van der Waals surface area contributed by atoms with E-state index in [9.17, 15) is 8.42 Å². The number of nitrogens with zero attached hydrogens (tertiary/aromatic N) is 1. The average molecular weight is 233 g/mol. The molecule has 0 unspecified atom stereocenters. The molecule has 1 atom stereocenters. The Hall–Kier alpha value is -0.0900. The third-order valence-electron chi connectivity index (χ3n) is 3.38. The predicted octanol–water partition coefficient (Wildman–Crippen LogP) is 2.09. The third kappa shape index (κ3) is 3.76. The predicted molar refractivity (Wildman–Crippen MR) is 63.2 cm³/mol. The second-order valence-electron chi connectivity index (χ2n) is 5.66. The van der Waals surface area contributed by atoms with E-state index in [2.05, 4.69) is 20.8 Å². The standard InChI is InChI=1S/C11H23NO2S/c1-11(2,3)10-6-5-8-12(9-7-10)15(4,13)14/h10H,5-9H2,1-4H3/t10-/m0/s1. The van der Waals surface area contributed by atoms with Gasteiger partial charge in [-0.3, -0.25) is 0 Å². The van der Waals surface area contributed by atoms with Crippen molar-refractivity contribution in [2.24, 2.45) is 11.3 Å². The maximum Gasteiger partial charge on any atom is 0.211 e. The fourth-order valence-corrected chi connectivity index (χ4v) is 3.17. The lowest BCUT2D eigenvalue weighted by Gasteiger charge is -2.29. The average Bonchev–Trinajstić information content (AvgIpc) is 2.24. The second-order valence-corrected chi connectivity index (χ2v) is 7.64. The molecule has 0 radical (unpaired) electrons. The summed E-state index contributed by atoms with van der Waals surface area (Å²) in [6.07, 6.45) is 4.45. The van der Waals surface area contributed by atoms with E-state index < -0.39 is 10.0 Å². The first-order chi connectivity index (χ1) is 6.71. The Kier molecular flexibility index (Phi) is 3.82. The van der Waals surface area contributed by atoms with Crippen molar-refractivity contribution in [2.45, 2.75) is 40.0 Å². The van der Waals surface area contributed by atoms with Gasteiger partial charge in [-0.2, -0.15) is 0 Å². The molecular formula is C11H23NO2S. The van der Waals surface area contributed by atoms with E-state index in [0.29, 0.717) is 24.4 Å². The van der Waals surface area contributed by atoms with Gasteiger partial charge in [0, 0.05) is 13.1 Å². The van der Waals surface area contributed by atoms with Crippen LogP contribution >= 0.6 is 0 Å². The molecule has 1 rings (SSSR count). The minimum absolute atomic E-state index is 0.299. The van der Waals surface area contributed by atoms with Crippen LogP contribution in [0, 0.1) is 11.3 Å². The van der Waals surface area contributed by atoms with Gasteiger partial charge in [0.15, 0.2) is 0 Å². The highest BCUT2D eigenvalue weighted by atomic mass is 32.2. The van der Waals surface area contributed by atoms with Crippen LogP contribution in [0.15, 0.2) is 0 Å². The van der Waals surface area contributed by atoms with E-state index in [0.717, 1.165) is 19.3 Å². The minimum atomic E-state index is -2.98. The molecule has 0 saturated carbocycles. The van der Waals surface area contributed by atoms with Crippen molar-refractivity contribution < 1.29 is 8.42 Å². The van der Waals surface area contributed by atoms with E-state index in [1.54, 1.807) is 4.31 Å². The first-order valence-electron chi connectivity index (χ1n) is 5.66. The fourth-order valence-electron chi connectivity index (χ4n) is 2.27. The van der Waals surface area contributed by atoms with Crippen molar-refractivity contribution >= 4 is 10.0 Å². The number of hydrogen-bond acceptors (Lipinski definition) is 2. The summed E-state index contributed by atoms with van der Waals surface area (Å²) in [5.41, 5.74) is 0.299. The van der Waals surface area contributed by atoms with Gasteiger partial charge in [0.2, 0.25) is 10.0 Å². The van der Waals surface area contributed by atoms with Gasteiger partial charge in [-0.15, -0.1) is 0 Å². The summed E-state index contributed by atoms with van der Waals surface area (Å²) < 4.78 is 24.5. The largest absolute Gasteiger partial charge is 0.213 e. The monoisotopic (exact) mass is 233 g/mol. The third-order valence-corrected chi connectivity index (χ3v) is 4.68. The van der Waals surface area contributed by atoms with Crippen molar-refractivity contribution in [3.63, 3.8) is 0 Å². The number of sulfonamides is 1. The van der Waals surface area contributed by atoms with Gasteiger partial charge >= 0.3 is 0 Å². The van der Waals surface area contributed by atoms with E-state index in [1.165, 1.54) is 6.26 Å². The number of hydrogen-bond donors (Lipinski definition) is 0. The van der Waals surface area contributed by atoms with Crippen molar-refractivity contribution in [3.8, 4) is 0 Å². The molecule has 1 saturated heterocycles. The van der Waals surface area contributed by atoms with Crippen LogP contribution in [0.25, 0.3) is 0 Å². The van der Waals surface area contributed by atoms with Gasteiger partial charge in [-0.1, -0.05) is 20.8 Å². The second kappa shape index (κ2) is 4.42. The van der Waals surface area contributed by atoms with Crippen molar-refractivity contribution in [1.29, 1.82) is 0 Å². The molecule has 0 amide bonds. The molecule has 0 N–H and O–H groups in total. The van der Waals surface area contributed by atoms with Crippen LogP contribution in [-0.2, 0) is 10.0 Å². The summed E-state index contributed by atoms with van der Waals surface area (Å²) in [5.74, 6) is 0.643. The van der Waals surface area contributed by atoms with Crippen LogP contribution in [0.1, 0.15) is 40.0 Å². The fraction of sp³-hybridized carbons (Fsp3) is 1.00. The van der Waals surface area contributed by atoms with Crippen molar-refractivity contribution in [3.05, 3.63) is 0 Å². The molecule has 0 aromatic carbocycles. The molecule has 0 bridgehead atoms. The van der Waals surface area contributed by atoms with Gasteiger partial charge in [0.1, 0.15) is 0 Å². The van der Waals surface area contributed by atoms with Crippen molar-refractivity contribution in [2.75, 3.05) is 19.3 Å². The molecule has 15 heavy (non-hydrogen) atoms. The maximum atomic E-state index is 11.4. The zero-order valence-corrected chi connectivity index (χ0v) is 11.1. The normalized spacial score (nSPS) is 26.3. The van der Waals surface area contributed by atoms with Gasteiger partial charge in [-0.25, -0.2) is 12.7 Å². The first-order valence-corrected chi connectivity index (χ1v) is 7.51. The molecule has 1 heterocycles. The molecule has 3 nitrogen and oxygen atoms in total. The molecule has 1 aliphatic rings. The first kappa shape index (κ1) is 13.0. The molecule has 0 aromatic heterocycles. The Labute approximate surface area is 93.9 Å². The molecule has 0 aliphatic carbocycles. The minimum Gasteiger partial charge on any atom is -0.213 e. The van der Waals surface area contributed by atoms with Gasteiger partial charge in [0.25, 0.3) is 0 Å². The molecule has 90 valence electrons. The van der Waals surface area contributed by atoms with Crippen LogP contribution in [0.2, 0.25) is 0 Å². The van der Waals surface area contributed by atoms with Crippen LogP contribution in [0.4, 0.5) is 0 Å². The maximum absolute atomic E-state index is 11.4. The SMILES string of the molecule is CC(C)(C)[C@H]1CCCN(S(C)(=O)=O)CC1. The van der Waals surface area contributed by atoms with Crippen LogP contribution < -0.4 is 0 Å². The van der Waals surface area contributed by atoms with E-state index in [4.69, 9.17) is 0 Å². The zero-order chi connectivity index (χ0) is 11.7. The zero-order valence-electron chi connectivity index (χ0n) is 10.3. The summed E-state index contributed by atoms with van der Waals surface area (Å²) in [6.45, 7) is 8.13. The highest BCUT2D eigenvalue weighted by Gasteiger charge is 2.29. The highest BCUT2D eigenvalue weighted by molar-refractivity contribution is 7.88. The summed E-state index contributed by atoms with van der Waals surface area (Å²) in [5, 5.41) is 0. The van der Waals surface area contributed by atoms with Crippen LogP contribution in [-0.4, -0.2) is 32.1 Å². The Morgan fingerprint density at radius 3 is 2.20 bits per heavy atom. The lowest BCUT2D eigenvalue weighted by atomic mass is 9.77. The topological polar surface area (TPSA) is 37.4 Å². The van der Waals surface area contributed by atoms with E-state index in [1.807, 2.05) is 0 Å². The van der Waals surface area contributed by atoms with E-state index >= 15 is 0 Å².